The SMILES string of the molecule is CC1CN(CC(F)(F)F)CCN1c1cc(N)c(Cl)cn1. The van der Waals surface area contributed by atoms with Crippen molar-refractivity contribution in [1.29, 1.82) is 0 Å². The first-order valence-electron chi connectivity index (χ1n) is 6.23. The van der Waals surface area contributed by atoms with Gasteiger partial charge in [-0.15, -0.1) is 0 Å². The van der Waals surface area contributed by atoms with Gasteiger partial charge in [0.25, 0.3) is 0 Å². The van der Waals surface area contributed by atoms with Crippen LogP contribution in [0.5, 0.6) is 0 Å². The molecular weight excluding hydrogens is 293 g/mol. The Morgan fingerprint density at radius 2 is 2.15 bits per heavy atom. The molecule has 2 rings (SSSR count). The van der Waals surface area contributed by atoms with E-state index in [9.17, 15) is 13.2 Å². The number of nitrogens with zero attached hydrogens (tertiary/aromatic N) is 3. The highest BCUT2D eigenvalue weighted by Crippen LogP contribution is 2.26. The fourth-order valence-electron chi connectivity index (χ4n) is 2.37. The predicted molar refractivity (Wildman–Crippen MR) is 73.0 cm³/mol. The normalized spacial score (nSPS) is 21.2. The molecule has 0 aromatic carbocycles. The highest BCUT2D eigenvalue weighted by Gasteiger charge is 2.34. The molecule has 0 spiro atoms. The molecule has 1 aliphatic heterocycles. The van der Waals surface area contributed by atoms with E-state index in [1.165, 1.54) is 11.1 Å². The molecular formula is C12H16ClF3N4. The number of hydrogen-bond acceptors (Lipinski definition) is 4. The van der Waals surface area contributed by atoms with Crippen LogP contribution in [0.25, 0.3) is 0 Å². The van der Waals surface area contributed by atoms with Gasteiger partial charge in [-0.25, -0.2) is 4.98 Å². The molecule has 8 heteroatoms. The third-order valence-corrected chi connectivity index (χ3v) is 3.60. The van der Waals surface area contributed by atoms with Gasteiger partial charge in [-0.2, -0.15) is 13.2 Å². The topological polar surface area (TPSA) is 45.4 Å². The molecule has 2 heterocycles. The Bertz CT molecular complexity index is 480. The van der Waals surface area contributed by atoms with Gasteiger partial charge in [-0.05, 0) is 6.92 Å². The van der Waals surface area contributed by atoms with Crippen LogP contribution in [0.2, 0.25) is 5.02 Å². The maximum absolute atomic E-state index is 12.4. The molecule has 1 atom stereocenters. The molecule has 20 heavy (non-hydrogen) atoms. The van der Waals surface area contributed by atoms with Crippen LogP contribution in [0.3, 0.4) is 0 Å². The largest absolute Gasteiger partial charge is 0.401 e. The zero-order valence-corrected chi connectivity index (χ0v) is 11.7. The summed E-state index contributed by atoms with van der Waals surface area (Å²) in [5, 5.41) is 0.372. The number of anilines is 2. The third-order valence-electron chi connectivity index (χ3n) is 3.28. The number of nitrogens with two attached hydrogens (primary N) is 1. The lowest BCUT2D eigenvalue weighted by atomic mass is 10.2. The van der Waals surface area contributed by atoms with Crippen molar-refractivity contribution in [1.82, 2.24) is 9.88 Å². The van der Waals surface area contributed by atoms with Gasteiger partial charge in [-0.3, -0.25) is 4.90 Å². The Morgan fingerprint density at radius 1 is 1.45 bits per heavy atom. The number of alkyl halides is 3. The van der Waals surface area contributed by atoms with Crippen molar-refractivity contribution < 1.29 is 13.2 Å². The molecule has 0 radical (unpaired) electrons. The highest BCUT2D eigenvalue weighted by molar-refractivity contribution is 6.32. The Balaban J connectivity index is 2.04. The van der Waals surface area contributed by atoms with E-state index in [1.807, 2.05) is 11.8 Å². The third kappa shape index (κ3) is 3.67. The number of rotatable bonds is 2. The van der Waals surface area contributed by atoms with Crippen molar-refractivity contribution in [3.8, 4) is 0 Å². The lowest BCUT2D eigenvalue weighted by Gasteiger charge is -2.40. The van der Waals surface area contributed by atoms with Crippen molar-refractivity contribution >= 4 is 23.1 Å². The van der Waals surface area contributed by atoms with Gasteiger partial charge < -0.3 is 10.6 Å². The van der Waals surface area contributed by atoms with E-state index < -0.39 is 12.7 Å². The molecule has 0 bridgehead atoms. The fourth-order valence-corrected chi connectivity index (χ4v) is 2.47. The van der Waals surface area contributed by atoms with E-state index in [2.05, 4.69) is 4.98 Å². The average Bonchev–Trinajstić information content (AvgIpc) is 2.31. The van der Waals surface area contributed by atoms with Crippen molar-refractivity contribution in [2.24, 2.45) is 0 Å². The molecule has 112 valence electrons. The summed E-state index contributed by atoms with van der Waals surface area (Å²) in [6, 6.07) is 1.58. The van der Waals surface area contributed by atoms with Crippen LogP contribution in [0, 0.1) is 0 Å². The summed E-state index contributed by atoms with van der Waals surface area (Å²) in [4.78, 5) is 7.53. The number of pyridine rings is 1. The summed E-state index contributed by atoms with van der Waals surface area (Å²) in [7, 11) is 0. The first-order valence-corrected chi connectivity index (χ1v) is 6.61. The summed E-state index contributed by atoms with van der Waals surface area (Å²) >= 11 is 5.81. The Morgan fingerprint density at radius 3 is 2.70 bits per heavy atom. The second-order valence-corrected chi connectivity index (χ2v) is 5.36. The summed E-state index contributed by atoms with van der Waals surface area (Å²) in [6.45, 7) is 2.15. The molecule has 0 saturated carbocycles. The van der Waals surface area contributed by atoms with E-state index in [1.54, 1.807) is 6.07 Å². The van der Waals surface area contributed by atoms with Crippen molar-refractivity contribution in [2.75, 3.05) is 36.8 Å². The molecule has 1 fully saturated rings. The summed E-state index contributed by atoms with van der Waals surface area (Å²) in [6.07, 6.45) is -2.70. The van der Waals surface area contributed by atoms with Crippen LogP contribution in [0.4, 0.5) is 24.7 Å². The number of piperazine rings is 1. The molecule has 1 aromatic rings. The van der Waals surface area contributed by atoms with Crippen molar-refractivity contribution in [3.63, 3.8) is 0 Å². The van der Waals surface area contributed by atoms with Gasteiger partial charge in [0.15, 0.2) is 0 Å². The Kier molecular flexibility index (Phi) is 4.29. The fraction of sp³-hybridized carbons (Fsp3) is 0.583. The van der Waals surface area contributed by atoms with Gasteiger partial charge in [0.05, 0.1) is 17.3 Å². The molecule has 0 amide bonds. The predicted octanol–water partition coefficient (Wildman–Crippen LogP) is 2.39. The first-order chi connectivity index (χ1) is 9.26. The standard InChI is InChI=1S/C12H16ClF3N4/c1-8-6-19(7-12(14,15)16)2-3-20(8)11-4-10(17)9(13)5-18-11/h4-5,8H,2-3,6-7H2,1H3,(H2,17,18). The second-order valence-electron chi connectivity index (χ2n) is 4.96. The van der Waals surface area contributed by atoms with Crippen LogP contribution >= 0.6 is 11.6 Å². The van der Waals surface area contributed by atoms with Gasteiger partial charge >= 0.3 is 6.18 Å². The van der Waals surface area contributed by atoms with Gasteiger partial charge in [0, 0.05) is 37.9 Å². The smallest absolute Gasteiger partial charge is 0.397 e. The molecule has 1 saturated heterocycles. The number of hydrogen-bond donors (Lipinski definition) is 1. The minimum absolute atomic E-state index is 0.0702. The van der Waals surface area contributed by atoms with Crippen LogP contribution < -0.4 is 10.6 Å². The van der Waals surface area contributed by atoms with Crippen LogP contribution in [0.1, 0.15) is 6.92 Å². The van der Waals surface area contributed by atoms with Crippen LogP contribution in [-0.4, -0.2) is 48.3 Å². The number of aromatic nitrogens is 1. The monoisotopic (exact) mass is 308 g/mol. The average molecular weight is 309 g/mol. The van der Waals surface area contributed by atoms with E-state index in [0.717, 1.165) is 0 Å². The molecule has 1 aliphatic rings. The molecule has 4 nitrogen and oxygen atoms in total. The molecule has 1 unspecified atom stereocenters. The maximum Gasteiger partial charge on any atom is 0.401 e. The second kappa shape index (κ2) is 5.65. The highest BCUT2D eigenvalue weighted by atomic mass is 35.5. The van der Waals surface area contributed by atoms with E-state index in [4.69, 9.17) is 17.3 Å². The van der Waals surface area contributed by atoms with E-state index in [-0.39, 0.29) is 6.04 Å². The Labute approximate surface area is 120 Å². The van der Waals surface area contributed by atoms with Crippen molar-refractivity contribution in [3.05, 3.63) is 17.3 Å². The molecule has 2 N–H and O–H groups in total. The summed E-state index contributed by atoms with van der Waals surface area (Å²) in [5.41, 5.74) is 6.14. The van der Waals surface area contributed by atoms with Crippen molar-refractivity contribution in [2.45, 2.75) is 19.1 Å². The lowest BCUT2D eigenvalue weighted by molar-refractivity contribution is -0.147. The van der Waals surface area contributed by atoms with E-state index in [0.29, 0.717) is 36.2 Å². The molecule has 0 aliphatic carbocycles. The Hall–Kier alpha value is -1.21. The van der Waals surface area contributed by atoms with Gasteiger partial charge in [0.1, 0.15) is 5.82 Å². The summed E-state index contributed by atoms with van der Waals surface area (Å²) < 4.78 is 37.2. The number of halogens is 4. The zero-order chi connectivity index (χ0) is 14.9. The van der Waals surface area contributed by atoms with Gasteiger partial charge in [-0.1, -0.05) is 11.6 Å². The number of nitrogen functional groups attached to an aromatic ring is 1. The summed E-state index contributed by atoms with van der Waals surface area (Å²) in [5.74, 6) is 0.644. The van der Waals surface area contributed by atoms with Crippen LogP contribution in [0.15, 0.2) is 12.3 Å². The maximum atomic E-state index is 12.4. The first kappa shape index (κ1) is 15.2. The van der Waals surface area contributed by atoms with Gasteiger partial charge in [0.2, 0.25) is 0 Å². The minimum Gasteiger partial charge on any atom is -0.397 e. The lowest BCUT2D eigenvalue weighted by Crippen LogP contribution is -2.54. The van der Waals surface area contributed by atoms with Crippen LogP contribution in [-0.2, 0) is 0 Å². The van der Waals surface area contributed by atoms with E-state index >= 15 is 0 Å². The zero-order valence-electron chi connectivity index (χ0n) is 11.0. The minimum atomic E-state index is -4.16. The quantitative estimate of drug-likeness (QED) is 0.911. The molecule has 1 aromatic heterocycles.